The van der Waals surface area contributed by atoms with Crippen LogP contribution in [0.1, 0.15) is 11.9 Å². The summed E-state index contributed by atoms with van der Waals surface area (Å²) in [5.41, 5.74) is 0. The Morgan fingerprint density at radius 1 is 1.40 bits per heavy atom. The third-order valence-corrected chi connectivity index (χ3v) is 2.86. The molecule has 0 aliphatic rings. The van der Waals surface area contributed by atoms with Gasteiger partial charge in [-0.2, -0.15) is 13.2 Å². The molecule has 0 amide bonds. The van der Waals surface area contributed by atoms with Gasteiger partial charge in [0.2, 0.25) is 10.1 Å². The quantitative estimate of drug-likeness (QED) is 0.779. The van der Waals surface area contributed by atoms with E-state index in [9.17, 15) is 13.2 Å². The number of alkyl halides is 4. The molecular weight excluding hydrogens is 251 g/mol. The molecule has 1 rings (SSSR count). The van der Waals surface area contributed by atoms with Gasteiger partial charge in [-0.3, -0.25) is 0 Å². The topological polar surface area (TPSA) is 29.0 Å². The molecule has 0 spiro atoms. The Balaban J connectivity index is 2.82. The fraction of sp³-hybridized carbons (Fsp3) is 0.714. The molecule has 3 nitrogen and oxygen atoms in total. The van der Waals surface area contributed by atoms with Crippen molar-refractivity contribution in [3.05, 3.63) is 5.01 Å². The summed E-state index contributed by atoms with van der Waals surface area (Å²) in [7, 11) is 0. The third kappa shape index (κ3) is 3.20. The van der Waals surface area contributed by atoms with Crippen molar-refractivity contribution in [2.45, 2.75) is 13.1 Å². The van der Waals surface area contributed by atoms with E-state index < -0.39 is 11.2 Å². The van der Waals surface area contributed by atoms with Crippen LogP contribution in [0.2, 0.25) is 0 Å². The molecule has 86 valence electrons. The van der Waals surface area contributed by atoms with Crippen molar-refractivity contribution in [2.75, 3.05) is 23.9 Å². The van der Waals surface area contributed by atoms with Gasteiger partial charge < -0.3 is 4.90 Å². The van der Waals surface area contributed by atoms with Gasteiger partial charge in [0.1, 0.15) is 0 Å². The summed E-state index contributed by atoms with van der Waals surface area (Å²) < 4.78 is 36.7. The van der Waals surface area contributed by atoms with Crippen molar-refractivity contribution in [3.8, 4) is 0 Å². The summed E-state index contributed by atoms with van der Waals surface area (Å²) in [4.78, 5) is 1.65. The zero-order valence-corrected chi connectivity index (χ0v) is 9.46. The highest BCUT2D eigenvalue weighted by atomic mass is 35.5. The summed E-state index contributed by atoms with van der Waals surface area (Å²) in [6, 6.07) is 0. The van der Waals surface area contributed by atoms with Crippen molar-refractivity contribution in [1.29, 1.82) is 0 Å². The molecule has 1 aromatic heterocycles. The van der Waals surface area contributed by atoms with Crippen molar-refractivity contribution in [1.82, 2.24) is 10.2 Å². The van der Waals surface area contributed by atoms with Crippen LogP contribution >= 0.6 is 22.9 Å². The predicted molar refractivity (Wildman–Crippen MR) is 53.5 cm³/mol. The number of hydrogen-bond acceptors (Lipinski definition) is 4. The molecule has 15 heavy (non-hydrogen) atoms. The van der Waals surface area contributed by atoms with Gasteiger partial charge in [0, 0.05) is 19.0 Å². The van der Waals surface area contributed by atoms with Crippen LogP contribution in [0, 0.1) is 0 Å². The zero-order chi connectivity index (χ0) is 11.5. The second kappa shape index (κ2) is 4.98. The van der Waals surface area contributed by atoms with Crippen LogP contribution in [0.15, 0.2) is 0 Å². The third-order valence-electron chi connectivity index (χ3n) is 1.66. The van der Waals surface area contributed by atoms with Gasteiger partial charge in [-0.25, -0.2) is 0 Å². The molecule has 0 unspecified atom stereocenters. The molecule has 0 radical (unpaired) electrons. The fourth-order valence-electron chi connectivity index (χ4n) is 0.949. The Bertz CT molecular complexity index is 315. The van der Waals surface area contributed by atoms with Crippen LogP contribution in [0.3, 0.4) is 0 Å². The lowest BCUT2D eigenvalue weighted by molar-refractivity contribution is -0.138. The summed E-state index contributed by atoms with van der Waals surface area (Å²) in [6.45, 7) is 2.84. The first-order valence-corrected chi connectivity index (χ1v) is 5.55. The van der Waals surface area contributed by atoms with Gasteiger partial charge >= 0.3 is 6.18 Å². The lowest BCUT2D eigenvalue weighted by atomic mass is 10.6. The maximum Gasteiger partial charge on any atom is 0.445 e. The number of hydrogen-bond donors (Lipinski definition) is 0. The standard InChI is InChI=1S/C7H9ClF3N3S/c1-2-14(4-3-8)6-13-12-5(15-6)7(9,10)11/h2-4H2,1H3. The zero-order valence-electron chi connectivity index (χ0n) is 7.88. The molecule has 0 saturated heterocycles. The van der Waals surface area contributed by atoms with Crippen LogP contribution in [0.4, 0.5) is 18.3 Å². The van der Waals surface area contributed by atoms with E-state index >= 15 is 0 Å². The Kier molecular flexibility index (Phi) is 4.15. The van der Waals surface area contributed by atoms with E-state index in [1.54, 1.807) is 4.90 Å². The largest absolute Gasteiger partial charge is 0.445 e. The van der Waals surface area contributed by atoms with Crippen LogP contribution in [-0.2, 0) is 6.18 Å². The van der Waals surface area contributed by atoms with Crippen LogP contribution in [0.25, 0.3) is 0 Å². The van der Waals surface area contributed by atoms with Gasteiger partial charge in [-0.15, -0.1) is 21.8 Å². The highest BCUT2D eigenvalue weighted by molar-refractivity contribution is 7.15. The first-order valence-electron chi connectivity index (χ1n) is 4.20. The van der Waals surface area contributed by atoms with Gasteiger partial charge in [-0.1, -0.05) is 11.3 Å². The Morgan fingerprint density at radius 2 is 2.07 bits per heavy atom. The van der Waals surface area contributed by atoms with Crippen LogP contribution < -0.4 is 4.90 Å². The SMILES string of the molecule is CCN(CCCl)c1nnc(C(F)(F)F)s1. The average molecular weight is 260 g/mol. The Hall–Kier alpha value is -0.560. The lowest BCUT2D eigenvalue weighted by Gasteiger charge is -2.16. The number of nitrogens with zero attached hydrogens (tertiary/aromatic N) is 3. The highest BCUT2D eigenvalue weighted by Gasteiger charge is 2.36. The molecule has 0 saturated carbocycles. The second-order valence-electron chi connectivity index (χ2n) is 2.66. The number of anilines is 1. The lowest BCUT2D eigenvalue weighted by Crippen LogP contribution is -2.24. The van der Waals surface area contributed by atoms with E-state index in [2.05, 4.69) is 10.2 Å². The first-order chi connectivity index (χ1) is 6.99. The van der Waals surface area contributed by atoms with E-state index in [1.807, 2.05) is 6.92 Å². The summed E-state index contributed by atoms with van der Waals surface area (Å²) in [5, 5.41) is 5.92. The molecule has 1 aromatic rings. The molecule has 0 N–H and O–H groups in total. The Labute approximate surface area is 93.9 Å². The summed E-state index contributed by atoms with van der Waals surface area (Å²) in [5.74, 6) is 0.342. The molecule has 0 atom stereocenters. The summed E-state index contributed by atoms with van der Waals surface area (Å²) in [6.07, 6.45) is -4.42. The Morgan fingerprint density at radius 3 is 2.47 bits per heavy atom. The number of halogens is 4. The van der Waals surface area contributed by atoms with Gasteiger partial charge in [0.05, 0.1) is 0 Å². The number of rotatable bonds is 4. The minimum absolute atomic E-state index is 0.255. The smallest absolute Gasteiger partial charge is 0.346 e. The van der Waals surface area contributed by atoms with E-state index in [1.165, 1.54) is 0 Å². The van der Waals surface area contributed by atoms with Gasteiger partial charge in [-0.05, 0) is 6.92 Å². The first kappa shape index (κ1) is 12.5. The molecule has 0 bridgehead atoms. The second-order valence-corrected chi connectivity index (χ2v) is 3.99. The van der Waals surface area contributed by atoms with Crippen LogP contribution in [0.5, 0.6) is 0 Å². The molecule has 8 heteroatoms. The molecule has 0 aliphatic heterocycles. The van der Waals surface area contributed by atoms with Crippen molar-refractivity contribution in [3.63, 3.8) is 0 Å². The van der Waals surface area contributed by atoms with E-state index in [-0.39, 0.29) is 5.13 Å². The fourth-order valence-corrected chi connectivity index (χ4v) is 1.95. The van der Waals surface area contributed by atoms with Crippen molar-refractivity contribution < 1.29 is 13.2 Å². The monoisotopic (exact) mass is 259 g/mol. The van der Waals surface area contributed by atoms with Gasteiger partial charge in [0.25, 0.3) is 0 Å². The molecular formula is C7H9ClF3N3S. The van der Waals surface area contributed by atoms with Crippen LogP contribution in [-0.4, -0.2) is 29.2 Å². The number of aromatic nitrogens is 2. The van der Waals surface area contributed by atoms with Crippen molar-refractivity contribution >= 4 is 28.1 Å². The van der Waals surface area contributed by atoms with Gasteiger partial charge in [0.15, 0.2) is 0 Å². The molecule has 0 aromatic carbocycles. The molecule has 0 aliphatic carbocycles. The average Bonchev–Trinajstić information content (AvgIpc) is 2.62. The normalized spacial score (nSPS) is 11.8. The maximum atomic E-state index is 12.2. The minimum Gasteiger partial charge on any atom is -0.346 e. The highest BCUT2D eigenvalue weighted by Crippen LogP contribution is 2.34. The van der Waals surface area contributed by atoms with E-state index in [0.717, 1.165) is 0 Å². The van der Waals surface area contributed by atoms with Crippen molar-refractivity contribution in [2.24, 2.45) is 0 Å². The minimum atomic E-state index is -4.42. The molecule has 0 fully saturated rings. The van der Waals surface area contributed by atoms with E-state index in [0.29, 0.717) is 30.3 Å². The maximum absolute atomic E-state index is 12.2. The summed E-state index contributed by atoms with van der Waals surface area (Å²) >= 11 is 6.05. The van der Waals surface area contributed by atoms with E-state index in [4.69, 9.17) is 11.6 Å². The predicted octanol–water partition coefficient (Wildman–Crippen LogP) is 2.62. The molecule has 1 heterocycles.